The van der Waals surface area contributed by atoms with Crippen LogP contribution in [0.5, 0.6) is 0 Å². The van der Waals surface area contributed by atoms with Crippen LogP contribution in [0.1, 0.15) is 40.7 Å². The van der Waals surface area contributed by atoms with Crippen LogP contribution >= 0.6 is 0 Å². The van der Waals surface area contributed by atoms with Gasteiger partial charge in [0.15, 0.2) is 0 Å². The van der Waals surface area contributed by atoms with Crippen LogP contribution in [-0.2, 0) is 32.3 Å². The fourth-order valence-corrected chi connectivity index (χ4v) is 5.10. The second-order valence-electron chi connectivity index (χ2n) is 9.90. The Bertz CT molecular complexity index is 1280. The summed E-state index contributed by atoms with van der Waals surface area (Å²) in [6.45, 7) is 1.74. The molecule has 3 aromatic rings. The van der Waals surface area contributed by atoms with Crippen LogP contribution in [0.15, 0.2) is 84.9 Å². The van der Waals surface area contributed by atoms with Gasteiger partial charge < -0.3 is 25.0 Å². The van der Waals surface area contributed by atoms with Crippen molar-refractivity contribution in [3.8, 4) is 0 Å². The first kappa shape index (κ1) is 26.6. The number of benzene rings is 3. The summed E-state index contributed by atoms with van der Waals surface area (Å²) in [5.74, 6) is -0.918. The summed E-state index contributed by atoms with van der Waals surface area (Å²) < 4.78 is 11.5. The lowest BCUT2D eigenvalue weighted by Crippen LogP contribution is -2.49. The maximum atomic E-state index is 13.4. The minimum atomic E-state index is -0.600. The van der Waals surface area contributed by atoms with E-state index in [1.54, 1.807) is 29.2 Å². The first-order chi connectivity index (χ1) is 19.1. The predicted molar refractivity (Wildman–Crippen MR) is 147 cm³/mol. The smallest absolute Gasteiger partial charge is 0.340 e. The van der Waals surface area contributed by atoms with Gasteiger partial charge in [0.25, 0.3) is 0 Å². The summed E-state index contributed by atoms with van der Waals surface area (Å²) in [5, 5.41) is 6.15. The van der Waals surface area contributed by atoms with E-state index in [9.17, 15) is 14.4 Å². The van der Waals surface area contributed by atoms with E-state index in [1.807, 2.05) is 60.7 Å². The van der Waals surface area contributed by atoms with Gasteiger partial charge in [-0.25, -0.2) is 4.79 Å². The number of ether oxygens (including phenoxy) is 2. The molecule has 2 amide bonds. The fraction of sp³-hybridized carbons (Fsp3) is 0.323. The molecule has 2 aliphatic rings. The number of nitrogens with zero attached hydrogens (tertiary/aromatic N) is 1. The number of hydrogen-bond donors (Lipinski definition) is 2. The average Bonchev–Trinajstić information content (AvgIpc) is 3.66. The zero-order valence-electron chi connectivity index (χ0n) is 21.8. The van der Waals surface area contributed by atoms with E-state index >= 15 is 0 Å². The maximum absolute atomic E-state index is 13.4. The van der Waals surface area contributed by atoms with Crippen molar-refractivity contribution in [2.45, 2.75) is 50.7 Å². The third-order valence-corrected chi connectivity index (χ3v) is 7.17. The molecule has 0 spiro atoms. The molecule has 3 atom stereocenters. The number of amides is 2. The number of rotatable bonds is 9. The van der Waals surface area contributed by atoms with E-state index in [1.165, 1.54) is 0 Å². The lowest BCUT2D eigenvalue weighted by molar-refractivity contribution is -0.138. The van der Waals surface area contributed by atoms with Gasteiger partial charge in [-0.2, -0.15) is 0 Å². The zero-order chi connectivity index (χ0) is 27.0. The molecular weight excluding hydrogens is 494 g/mol. The normalized spacial score (nSPS) is 20.5. The van der Waals surface area contributed by atoms with E-state index in [-0.39, 0.29) is 36.1 Å². The molecule has 2 heterocycles. The molecule has 3 aromatic carbocycles. The second kappa shape index (κ2) is 12.7. The molecule has 0 aromatic heterocycles. The molecule has 2 aliphatic heterocycles. The van der Waals surface area contributed by atoms with Gasteiger partial charge in [-0.1, -0.05) is 72.8 Å². The highest BCUT2D eigenvalue weighted by Gasteiger charge is 2.40. The number of likely N-dealkylation sites (tertiary alicyclic amines) is 1. The number of nitrogens with one attached hydrogen (secondary N) is 2. The quantitative estimate of drug-likeness (QED) is 0.410. The van der Waals surface area contributed by atoms with Crippen LogP contribution < -0.4 is 10.6 Å². The van der Waals surface area contributed by atoms with Gasteiger partial charge in [0.2, 0.25) is 11.8 Å². The van der Waals surface area contributed by atoms with Crippen LogP contribution in [0.3, 0.4) is 0 Å². The van der Waals surface area contributed by atoms with Crippen LogP contribution in [0.4, 0.5) is 5.69 Å². The van der Waals surface area contributed by atoms with E-state index in [0.717, 1.165) is 17.5 Å². The number of carbonyl (C=O) groups excluding carboxylic acids is 3. The number of esters is 1. The van der Waals surface area contributed by atoms with Crippen LogP contribution in [0, 0.1) is 0 Å². The molecular formula is C31H33N3O5. The van der Waals surface area contributed by atoms with Crippen molar-refractivity contribution in [3.05, 3.63) is 102 Å². The van der Waals surface area contributed by atoms with Gasteiger partial charge in [-0.05, 0) is 42.5 Å². The van der Waals surface area contributed by atoms with Crippen molar-refractivity contribution in [3.63, 3.8) is 0 Å². The third kappa shape index (κ3) is 6.71. The average molecular weight is 528 g/mol. The van der Waals surface area contributed by atoms with E-state index in [4.69, 9.17) is 9.47 Å². The number of anilines is 1. The number of carbonyl (C=O) groups is 3. The second-order valence-corrected chi connectivity index (χ2v) is 9.90. The van der Waals surface area contributed by atoms with Crippen LogP contribution in [0.2, 0.25) is 0 Å². The highest BCUT2D eigenvalue weighted by molar-refractivity contribution is 6.04. The molecule has 39 heavy (non-hydrogen) atoms. The molecule has 5 rings (SSSR count). The third-order valence-electron chi connectivity index (χ3n) is 7.17. The number of para-hydroxylation sites is 1. The van der Waals surface area contributed by atoms with Gasteiger partial charge in [0, 0.05) is 13.1 Å². The van der Waals surface area contributed by atoms with Crippen molar-refractivity contribution in [1.82, 2.24) is 10.2 Å². The van der Waals surface area contributed by atoms with E-state index in [2.05, 4.69) is 10.6 Å². The van der Waals surface area contributed by atoms with Crippen molar-refractivity contribution in [2.75, 3.05) is 18.4 Å². The van der Waals surface area contributed by atoms with Gasteiger partial charge >= 0.3 is 5.97 Å². The van der Waals surface area contributed by atoms with Gasteiger partial charge in [0.05, 0.1) is 30.0 Å². The topological polar surface area (TPSA) is 97.0 Å². The first-order valence-corrected chi connectivity index (χ1v) is 13.4. The molecule has 8 heteroatoms. The first-order valence-electron chi connectivity index (χ1n) is 13.4. The molecule has 8 nitrogen and oxygen atoms in total. The molecule has 2 fully saturated rings. The molecule has 0 bridgehead atoms. The van der Waals surface area contributed by atoms with Crippen LogP contribution in [0.25, 0.3) is 0 Å². The maximum Gasteiger partial charge on any atom is 0.340 e. The Kier molecular flexibility index (Phi) is 8.65. The standard InChI is InChI=1S/C31H33N3O5/c35-29(33-26-15-8-7-14-25(26)31(37)39-21-23-12-5-2-6-13-23)28-16-9-17-34(28)30(36)27-18-24(19-32-27)38-20-22-10-3-1-4-11-22/h1-8,10-15,24,27-28,32H,9,16-21H2,(H,33,35)/t24?,27-,28+/m1/s1. The largest absolute Gasteiger partial charge is 0.457 e. The molecule has 0 saturated carbocycles. The Labute approximate surface area is 228 Å². The van der Waals surface area contributed by atoms with E-state index in [0.29, 0.717) is 38.2 Å². The highest BCUT2D eigenvalue weighted by Crippen LogP contribution is 2.24. The van der Waals surface area contributed by atoms with Crippen molar-refractivity contribution >= 4 is 23.5 Å². The molecule has 0 aliphatic carbocycles. The lowest BCUT2D eigenvalue weighted by Gasteiger charge is -2.27. The van der Waals surface area contributed by atoms with E-state index < -0.39 is 12.0 Å². The Hall–Kier alpha value is -4.01. The Morgan fingerprint density at radius 1 is 0.872 bits per heavy atom. The molecule has 2 N–H and O–H groups in total. The molecule has 2 saturated heterocycles. The van der Waals surface area contributed by atoms with Gasteiger partial charge in [0.1, 0.15) is 12.6 Å². The van der Waals surface area contributed by atoms with Crippen molar-refractivity contribution in [2.24, 2.45) is 0 Å². The summed E-state index contributed by atoms with van der Waals surface area (Å²) >= 11 is 0. The zero-order valence-corrected chi connectivity index (χ0v) is 21.8. The SMILES string of the molecule is O=C(OCc1ccccc1)c1ccccc1NC(=O)[C@@H]1CCCN1C(=O)[C@H]1CC(OCc2ccccc2)CN1. The summed E-state index contributed by atoms with van der Waals surface area (Å²) in [4.78, 5) is 41.2. The summed E-state index contributed by atoms with van der Waals surface area (Å²) in [5.41, 5.74) is 2.61. The molecule has 0 radical (unpaired) electrons. The van der Waals surface area contributed by atoms with Crippen molar-refractivity contribution < 1.29 is 23.9 Å². The Morgan fingerprint density at radius 3 is 2.28 bits per heavy atom. The summed E-state index contributed by atoms with van der Waals surface area (Å²) in [6, 6.07) is 25.1. The molecule has 1 unspecified atom stereocenters. The van der Waals surface area contributed by atoms with Crippen LogP contribution in [-0.4, -0.2) is 54.0 Å². The monoisotopic (exact) mass is 527 g/mol. The van der Waals surface area contributed by atoms with Gasteiger partial charge in [-0.3, -0.25) is 9.59 Å². The minimum Gasteiger partial charge on any atom is -0.457 e. The molecule has 202 valence electrons. The number of hydrogen-bond acceptors (Lipinski definition) is 6. The predicted octanol–water partition coefficient (Wildman–Crippen LogP) is 3.92. The Morgan fingerprint density at radius 2 is 1.54 bits per heavy atom. The minimum absolute atomic E-state index is 0.0668. The van der Waals surface area contributed by atoms with Gasteiger partial charge in [-0.15, -0.1) is 0 Å². The fourth-order valence-electron chi connectivity index (χ4n) is 5.10. The Balaban J connectivity index is 1.17. The summed E-state index contributed by atoms with van der Waals surface area (Å²) in [7, 11) is 0. The summed E-state index contributed by atoms with van der Waals surface area (Å²) in [6.07, 6.45) is 1.80. The van der Waals surface area contributed by atoms with Crippen molar-refractivity contribution in [1.29, 1.82) is 0 Å². The lowest BCUT2D eigenvalue weighted by atomic mass is 10.1. The highest BCUT2D eigenvalue weighted by atomic mass is 16.5.